The van der Waals surface area contributed by atoms with E-state index in [0.717, 1.165) is 16.7 Å². The van der Waals surface area contributed by atoms with E-state index in [9.17, 15) is 26.7 Å². The number of piperidine rings is 1. The fourth-order valence-corrected chi connectivity index (χ4v) is 4.96. The monoisotopic (exact) mass is 493 g/mol. The van der Waals surface area contributed by atoms with Gasteiger partial charge in [-0.15, -0.1) is 0 Å². The van der Waals surface area contributed by atoms with E-state index in [1.165, 1.54) is 22.5 Å². The summed E-state index contributed by atoms with van der Waals surface area (Å²) in [5, 5.41) is 12.8. The van der Waals surface area contributed by atoms with Gasteiger partial charge in [0.25, 0.3) is 0 Å². The Balaban J connectivity index is 1.70. The largest absolute Gasteiger partial charge is 0.417 e. The van der Waals surface area contributed by atoms with E-state index >= 15 is 0 Å². The number of aromatic nitrogens is 1. The Labute approximate surface area is 174 Å². The molecule has 158 valence electrons. The Hall–Kier alpha value is -1.69. The first-order valence-electron chi connectivity index (χ1n) is 8.77. The lowest BCUT2D eigenvalue weighted by atomic mass is 9.94. The van der Waals surface area contributed by atoms with E-state index < -0.39 is 27.7 Å². The van der Waals surface area contributed by atoms with Gasteiger partial charge in [-0.3, -0.25) is 0 Å². The first kappa shape index (κ1) is 22.0. The van der Waals surface area contributed by atoms with Gasteiger partial charge in [0.2, 0.25) is 10.0 Å². The predicted octanol–water partition coefficient (Wildman–Crippen LogP) is 3.35. The van der Waals surface area contributed by atoms with Gasteiger partial charge in [-0.2, -0.15) is 17.5 Å². The number of sulfonamides is 1. The SMILES string of the molecule is O=S(=O)(c1ccc(Br)cc1)N1CC[C@@H](Nc2ccc(C(F)(F)F)cn2)[C@@H](CO)C1. The van der Waals surface area contributed by atoms with E-state index in [4.69, 9.17) is 0 Å². The second-order valence-corrected chi connectivity index (χ2v) is 9.58. The molecule has 1 aromatic heterocycles. The Morgan fingerprint density at radius 3 is 2.45 bits per heavy atom. The summed E-state index contributed by atoms with van der Waals surface area (Å²) in [6.07, 6.45) is -3.35. The zero-order valence-electron chi connectivity index (χ0n) is 15.1. The molecule has 6 nitrogen and oxygen atoms in total. The molecule has 0 spiro atoms. The number of alkyl halides is 3. The molecule has 0 aliphatic carbocycles. The molecule has 1 aliphatic rings. The van der Waals surface area contributed by atoms with Gasteiger partial charge in [-0.05, 0) is 42.8 Å². The average Bonchev–Trinajstić information content (AvgIpc) is 2.68. The van der Waals surface area contributed by atoms with E-state index in [2.05, 4.69) is 26.2 Å². The summed E-state index contributed by atoms with van der Waals surface area (Å²) in [5.74, 6) is -0.191. The number of rotatable bonds is 5. The molecule has 2 atom stereocenters. The van der Waals surface area contributed by atoms with Gasteiger partial charge < -0.3 is 10.4 Å². The lowest BCUT2D eigenvalue weighted by Gasteiger charge is -2.37. The van der Waals surface area contributed by atoms with E-state index in [-0.39, 0.29) is 36.5 Å². The van der Waals surface area contributed by atoms with Crippen LogP contribution in [0, 0.1) is 5.92 Å². The maximum Gasteiger partial charge on any atom is 0.417 e. The van der Waals surface area contributed by atoms with Crippen molar-refractivity contribution in [2.24, 2.45) is 5.92 Å². The molecule has 0 unspecified atom stereocenters. The normalized spacial score (nSPS) is 21.1. The number of aliphatic hydroxyl groups is 1. The van der Waals surface area contributed by atoms with E-state index in [1.54, 1.807) is 12.1 Å². The van der Waals surface area contributed by atoms with Crippen LogP contribution in [0.15, 0.2) is 52.0 Å². The molecule has 29 heavy (non-hydrogen) atoms. The van der Waals surface area contributed by atoms with Crippen molar-refractivity contribution in [3.63, 3.8) is 0 Å². The highest BCUT2D eigenvalue weighted by molar-refractivity contribution is 9.10. The summed E-state index contributed by atoms with van der Waals surface area (Å²) in [5.41, 5.74) is -0.850. The number of aliphatic hydroxyl groups excluding tert-OH is 1. The third-order valence-electron chi connectivity index (χ3n) is 4.81. The summed E-state index contributed by atoms with van der Waals surface area (Å²) in [6, 6.07) is 8.12. The van der Waals surface area contributed by atoms with Crippen LogP contribution in [0.1, 0.15) is 12.0 Å². The van der Waals surface area contributed by atoms with Crippen LogP contribution in [0.3, 0.4) is 0 Å². The highest BCUT2D eigenvalue weighted by Crippen LogP contribution is 2.30. The van der Waals surface area contributed by atoms with Crippen LogP contribution in [0.5, 0.6) is 0 Å². The van der Waals surface area contributed by atoms with Crippen molar-refractivity contribution in [1.82, 2.24) is 9.29 Å². The lowest BCUT2D eigenvalue weighted by molar-refractivity contribution is -0.137. The van der Waals surface area contributed by atoms with Crippen molar-refractivity contribution < 1.29 is 26.7 Å². The van der Waals surface area contributed by atoms with Crippen LogP contribution in [-0.2, 0) is 16.2 Å². The van der Waals surface area contributed by atoms with Gasteiger partial charge in [0, 0.05) is 42.3 Å². The number of nitrogens with one attached hydrogen (secondary N) is 1. The van der Waals surface area contributed by atoms with Crippen molar-refractivity contribution in [1.29, 1.82) is 0 Å². The number of halogens is 4. The second kappa shape index (κ2) is 8.58. The van der Waals surface area contributed by atoms with Crippen molar-refractivity contribution >= 4 is 31.8 Å². The van der Waals surface area contributed by atoms with Crippen molar-refractivity contribution in [2.45, 2.75) is 23.5 Å². The zero-order chi connectivity index (χ0) is 21.2. The minimum absolute atomic E-state index is 0.0905. The Morgan fingerprint density at radius 1 is 1.21 bits per heavy atom. The fourth-order valence-electron chi connectivity index (χ4n) is 3.18. The maximum atomic E-state index is 12.8. The maximum absolute atomic E-state index is 12.8. The minimum atomic E-state index is -4.47. The van der Waals surface area contributed by atoms with Crippen molar-refractivity contribution in [2.75, 3.05) is 25.0 Å². The van der Waals surface area contributed by atoms with Crippen LogP contribution < -0.4 is 5.32 Å². The molecule has 2 aromatic rings. The van der Waals surface area contributed by atoms with Crippen LogP contribution in [0.4, 0.5) is 19.0 Å². The molecule has 0 amide bonds. The molecule has 2 N–H and O–H groups in total. The standard InChI is InChI=1S/C18H19BrF3N3O3S/c19-14-2-4-15(5-3-14)29(27,28)25-8-7-16(12(10-25)11-26)24-17-6-1-13(9-23-17)18(20,21)22/h1-6,9,12,16,26H,7-8,10-11H2,(H,23,24)/t12-,16-/m1/s1. The Bertz CT molecular complexity index is 938. The fraction of sp³-hybridized carbons (Fsp3) is 0.389. The Morgan fingerprint density at radius 2 is 1.90 bits per heavy atom. The highest BCUT2D eigenvalue weighted by Gasteiger charge is 2.36. The Kier molecular flexibility index (Phi) is 6.51. The number of benzene rings is 1. The predicted molar refractivity (Wildman–Crippen MR) is 105 cm³/mol. The van der Waals surface area contributed by atoms with E-state index in [0.29, 0.717) is 6.42 Å². The van der Waals surface area contributed by atoms with Crippen LogP contribution in [0.25, 0.3) is 0 Å². The molecular formula is C18H19BrF3N3O3S. The van der Waals surface area contributed by atoms with Gasteiger partial charge >= 0.3 is 6.18 Å². The van der Waals surface area contributed by atoms with Crippen molar-refractivity contribution in [3.8, 4) is 0 Å². The molecule has 0 saturated carbocycles. The van der Waals surface area contributed by atoms with Crippen LogP contribution in [0.2, 0.25) is 0 Å². The molecule has 0 radical (unpaired) electrons. The van der Waals surface area contributed by atoms with Crippen LogP contribution >= 0.6 is 15.9 Å². The van der Waals surface area contributed by atoms with Crippen LogP contribution in [-0.4, -0.2) is 48.6 Å². The number of anilines is 1. The summed E-state index contributed by atoms with van der Waals surface area (Å²) in [7, 11) is -3.71. The molecule has 2 heterocycles. The topological polar surface area (TPSA) is 82.5 Å². The zero-order valence-corrected chi connectivity index (χ0v) is 17.5. The summed E-state index contributed by atoms with van der Waals surface area (Å²) >= 11 is 3.27. The quantitative estimate of drug-likeness (QED) is 0.667. The average molecular weight is 494 g/mol. The highest BCUT2D eigenvalue weighted by atomic mass is 79.9. The smallest absolute Gasteiger partial charge is 0.396 e. The molecule has 11 heteroatoms. The summed E-state index contributed by atoms with van der Waals surface area (Å²) < 4.78 is 65.7. The number of pyridine rings is 1. The van der Waals surface area contributed by atoms with Crippen molar-refractivity contribution in [3.05, 3.63) is 52.6 Å². The minimum Gasteiger partial charge on any atom is -0.396 e. The second-order valence-electron chi connectivity index (χ2n) is 6.73. The van der Waals surface area contributed by atoms with Gasteiger partial charge in [-0.25, -0.2) is 13.4 Å². The molecule has 1 aromatic carbocycles. The summed E-state index contributed by atoms with van der Waals surface area (Å²) in [4.78, 5) is 3.94. The first-order valence-corrected chi connectivity index (χ1v) is 11.0. The number of hydrogen-bond donors (Lipinski definition) is 2. The van der Waals surface area contributed by atoms with E-state index in [1.807, 2.05) is 0 Å². The summed E-state index contributed by atoms with van der Waals surface area (Å²) in [6.45, 7) is 0.0328. The molecule has 1 saturated heterocycles. The molecule has 1 fully saturated rings. The number of nitrogens with zero attached hydrogens (tertiary/aromatic N) is 2. The molecule has 1 aliphatic heterocycles. The molecular weight excluding hydrogens is 475 g/mol. The number of hydrogen-bond acceptors (Lipinski definition) is 5. The van der Waals surface area contributed by atoms with Gasteiger partial charge in [0.15, 0.2) is 0 Å². The third kappa shape index (κ3) is 5.08. The van der Waals surface area contributed by atoms with Gasteiger partial charge in [0.1, 0.15) is 5.82 Å². The van der Waals surface area contributed by atoms with Gasteiger partial charge in [-0.1, -0.05) is 15.9 Å². The third-order valence-corrected chi connectivity index (χ3v) is 7.21. The molecule has 3 rings (SSSR count). The molecule has 0 bridgehead atoms. The lowest BCUT2D eigenvalue weighted by Crippen LogP contribution is -2.49. The first-order chi connectivity index (χ1) is 13.6. The van der Waals surface area contributed by atoms with Gasteiger partial charge in [0.05, 0.1) is 10.5 Å².